The van der Waals surface area contributed by atoms with E-state index in [4.69, 9.17) is 4.99 Å². The van der Waals surface area contributed by atoms with Crippen LogP contribution in [0.5, 0.6) is 0 Å². The van der Waals surface area contributed by atoms with E-state index in [1.165, 1.54) is 12.8 Å². The summed E-state index contributed by atoms with van der Waals surface area (Å²) in [7, 11) is 5.61. The van der Waals surface area contributed by atoms with Gasteiger partial charge in [0.05, 0.1) is 5.69 Å². The molecule has 1 atom stereocenters. The molecule has 2 heterocycles. The average molecular weight is 449 g/mol. The summed E-state index contributed by atoms with van der Waals surface area (Å²) < 4.78 is 0. The lowest BCUT2D eigenvalue weighted by atomic mass is 10.1. The van der Waals surface area contributed by atoms with Crippen LogP contribution < -0.4 is 20.4 Å². The van der Waals surface area contributed by atoms with Gasteiger partial charge in [0.1, 0.15) is 5.84 Å². The minimum absolute atomic E-state index is 0.274. The van der Waals surface area contributed by atoms with E-state index in [-0.39, 0.29) is 5.91 Å². The fourth-order valence-electron chi connectivity index (χ4n) is 4.29. The summed E-state index contributed by atoms with van der Waals surface area (Å²) in [6, 6.07) is 14.9. The van der Waals surface area contributed by atoms with Crippen molar-refractivity contribution in [3.8, 4) is 0 Å². The lowest BCUT2D eigenvalue weighted by molar-refractivity contribution is -0.119. The molecule has 2 aromatic carbocycles. The summed E-state index contributed by atoms with van der Waals surface area (Å²) >= 11 is 0. The third-order valence-electron chi connectivity index (χ3n) is 6.12. The molecule has 1 fully saturated rings. The molecule has 33 heavy (non-hydrogen) atoms. The number of rotatable bonds is 3. The third kappa shape index (κ3) is 5.10. The fourth-order valence-corrected chi connectivity index (χ4v) is 4.29. The maximum absolute atomic E-state index is 13.3. The number of amides is 3. The van der Waals surface area contributed by atoms with Gasteiger partial charge in [-0.3, -0.25) is 4.79 Å². The maximum atomic E-state index is 13.3. The highest BCUT2D eigenvalue weighted by atomic mass is 16.2. The Balaban J connectivity index is 1.61. The molecule has 0 radical (unpaired) electrons. The molecule has 4 rings (SSSR count). The topological polar surface area (TPSA) is 80.3 Å². The number of amidine groups is 1. The van der Waals surface area contributed by atoms with Crippen LogP contribution in [-0.4, -0.2) is 63.1 Å². The molecule has 0 aromatic heterocycles. The maximum Gasteiger partial charge on any atom is 0.321 e. The standard InChI is InChI=1S/C25H32N6O2/c1-29(2)19-12-10-11-18(17-19)26-25(33)28-22-24(32)30(3)21-14-7-6-13-20(21)23(27-22)31-15-8-4-5-9-16-31/h6-7,10-14,17,22H,4-5,8-9,15-16H2,1-3H3,(H2,26,28,33)/t22-/m0/s1. The predicted molar refractivity (Wildman–Crippen MR) is 133 cm³/mol. The van der Waals surface area contributed by atoms with Crippen LogP contribution in [0.15, 0.2) is 53.5 Å². The third-order valence-corrected chi connectivity index (χ3v) is 6.12. The number of urea groups is 1. The zero-order valence-electron chi connectivity index (χ0n) is 19.5. The summed E-state index contributed by atoms with van der Waals surface area (Å²) in [5.74, 6) is 0.495. The molecule has 2 N–H and O–H groups in total. The Hall–Kier alpha value is -3.55. The van der Waals surface area contributed by atoms with Crippen molar-refractivity contribution in [2.24, 2.45) is 4.99 Å². The highest BCUT2D eigenvalue weighted by molar-refractivity contribution is 6.12. The van der Waals surface area contributed by atoms with Gasteiger partial charge in [-0.15, -0.1) is 0 Å². The average Bonchev–Trinajstić information content (AvgIpc) is 3.14. The lowest BCUT2D eigenvalue weighted by Crippen LogP contribution is -2.47. The number of likely N-dealkylation sites (tertiary alicyclic amines) is 1. The number of anilines is 3. The number of nitrogens with zero attached hydrogens (tertiary/aromatic N) is 4. The smallest absolute Gasteiger partial charge is 0.321 e. The molecular weight excluding hydrogens is 416 g/mol. The Morgan fingerprint density at radius 3 is 2.48 bits per heavy atom. The largest absolute Gasteiger partial charge is 0.378 e. The van der Waals surface area contributed by atoms with E-state index in [2.05, 4.69) is 15.5 Å². The van der Waals surface area contributed by atoms with Gasteiger partial charge < -0.3 is 25.3 Å². The minimum Gasteiger partial charge on any atom is -0.378 e. The van der Waals surface area contributed by atoms with E-state index in [1.54, 1.807) is 11.9 Å². The van der Waals surface area contributed by atoms with E-state index < -0.39 is 12.2 Å². The normalized spacial score (nSPS) is 18.6. The predicted octanol–water partition coefficient (Wildman–Crippen LogP) is 3.50. The Morgan fingerprint density at radius 2 is 1.76 bits per heavy atom. The van der Waals surface area contributed by atoms with Gasteiger partial charge in [-0.2, -0.15) is 0 Å². The first-order chi connectivity index (χ1) is 15.9. The highest BCUT2D eigenvalue weighted by Gasteiger charge is 2.32. The molecule has 2 aliphatic rings. The highest BCUT2D eigenvalue weighted by Crippen LogP contribution is 2.27. The summed E-state index contributed by atoms with van der Waals surface area (Å²) in [5.41, 5.74) is 3.33. The molecule has 174 valence electrons. The molecule has 0 aliphatic carbocycles. The number of benzene rings is 2. The molecular formula is C25H32N6O2. The van der Waals surface area contributed by atoms with Crippen LogP contribution in [-0.2, 0) is 4.79 Å². The van der Waals surface area contributed by atoms with Gasteiger partial charge in [0.25, 0.3) is 5.91 Å². The molecule has 3 amide bonds. The Labute approximate surface area is 195 Å². The van der Waals surface area contributed by atoms with Crippen LogP contribution in [0.1, 0.15) is 31.2 Å². The van der Waals surface area contributed by atoms with Crippen molar-refractivity contribution in [2.75, 3.05) is 49.3 Å². The fraction of sp³-hybridized carbons (Fsp3) is 0.400. The monoisotopic (exact) mass is 448 g/mol. The van der Waals surface area contributed by atoms with Crippen molar-refractivity contribution in [1.29, 1.82) is 0 Å². The molecule has 0 unspecified atom stereocenters. The number of para-hydroxylation sites is 1. The molecule has 1 saturated heterocycles. The van der Waals surface area contributed by atoms with E-state index in [0.29, 0.717) is 5.69 Å². The first-order valence-corrected chi connectivity index (χ1v) is 11.5. The summed E-state index contributed by atoms with van der Waals surface area (Å²) in [6.07, 6.45) is 3.55. The minimum atomic E-state index is -1.02. The van der Waals surface area contributed by atoms with Crippen LogP contribution in [0, 0.1) is 0 Å². The number of fused-ring (bicyclic) bond motifs is 1. The zero-order valence-corrected chi connectivity index (χ0v) is 19.5. The number of carbonyl (C=O) groups is 2. The number of carbonyl (C=O) groups excluding carboxylic acids is 2. The Bertz CT molecular complexity index is 1040. The lowest BCUT2D eigenvalue weighted by Gasteiger charge is -2.26. The van der Waals surface area contributed by atoms with Crippen molar-refractivity contribution >= 4 is 34.8 Å². The van der Waals surface area contributed by atoms with E-state index in [0.717, 1.165) is 48.7 Å². The number of hydrogen-bond donors (Lipinski definition) is 2. The van der Waals surface area contributed by atoms with E-state index in [1.807, 2.05) is 67.5 Å². The molecule has 0 bridgehead atoms. The first-order valence-electron chi connectivity index (χ1n) is 11.5. The summed E-state index contributed by atoms with van der Waals surface area (Å²) in [4.78, 5) is 36.7. The first kappa shape index (κ1) is 22.6. The number of aliphatic imine (C=N–C) groups is 1. The van der Waals surface area contributed by atoms with Crippen molar-refractivity contribution in [2.45, 2.75) is 31.8 Å². The van der Waals surface area contributed by atoms with Gasteiger partial charge in [0, 0.05) is 51.2 Å². The molecule has 2 aliphatic heterocycles. The van der Waals surface area contributed by atoms with Gasteiger partial charge in [0.15, 0.2) is 0 Å². The molecule has 8 heteroatoms. The molecule has 0 spiro atoms. The second-order valence-electron chi connectivity index (χ2n) is 8.71. The van der Waals surface area contributed by atoms with Gasteiger partial charge in [0.2, 0.25) is 6.17 Å². The Kier molecular flexibility index (Phi) is 6.82. The van der Waals surface area contributed by atoms with Crippen molar-refractivity contribution in [3.05, 3.63) is 54.1 Å². The summed E-state index contributed by atoms with van der Waals surface area (Å²) in [5, 5.41) is 5.62. The summed E-state index contributed by atoms with van der Waals surface area (Å²) in [6.45, 7) is 1.78. The Morgan fingerprint density at radius 1 is 1.03 bits per heavy atom. The van der Waals surface area contributed by atoms with Gasteiger partial charge >= 0.3 is 6.03 Å². The molecule has 8 nitrogen and oxygen atoms in total. The second-order valence-corrected chi connectivity index (χ2v) is 8.71. The van der Waals surface area contributed by atoms with Crippen LogP contribution in [0.3, 0.4) is 0 Å². The van der Waals surface area contributed by atoms with Gasteiger partial charge in [-0.05, 0) is 43.2 Å². The zero-order chi connectivity index (χ0) is 23.4. The van der Waals surface area contributed by atoms with E-state index in [9.17, 15) is 9.59 Å². The van der Waals surface area contributed by atoms with Crippen molar-refractivity contribution in [3.63, 3.8) is 0 Å². The van der Waals surface area contributed by atoms with Gasteiger partial charge in [-0.25, -0.2) is 9.79 Å². The SMILES string of the molecule is CN(C)c1cccc(NC(=O)N[C@@H]2N=C(N3CCCCCC3)c3ccccc3N(C)C2=O)c1. The number of likely N-dealkylation sites (N-methyl/N-ethyl adjacent to an activating group) is 1. The number of hydrogen-bond acceptors (Lipinski definition) is 5. The van der Waals surface area contributed by atoms with Crippen molar-refractivity contribution < 1.29 is 9.59 Å². The van der Waals surface area contributed by atoms with Crippen molar-refractivity contribution in [1.82, 2.24) is 10.2 Å². The number of nitrogens with one attached hydrogen (secondary N) is 2. The number of benzodiazepines with no additional fused rings is 1. The van der Waals surface area contributed by atoms with Crippen LogP contribution in [0.4, 0.5) is 21.9 Å². The van der Waals surface area contributed by atoms with Crippen LogP contribution in [0.25, 0.3) is 0 Å². The molecule has 0 saturated carbocycles. The van der Waals surface area contributed by atoms with Gasteiger partial charge in [-0.1, -0.05) is 31.0 Å². The van der Waals surface area contributed by atoms with Crippen LogP contribution in [0.2, 0.25) is 0 Å². The van der Waals surface area contributed by atoms with Crippen LogP contribution >= 0.6 is 0 Å². The quantitative estimate of drug-likeness (QED) is 0.753. The second kappa shape index (κ2) is 9.94. The molecule has 2 aromatic rings. The van der Waals surface area contributed by atoms with E-state index >= 15 is 0 Å².